The third kappa shape index (κ3) is 12.6. The number of hydrogen-bond donors (Lipinski definition) is 6. The Hall–Kier alpha value is -4.99. The van der Waals surface area contributed by atoms with Crippen LogP contribution in [-0.4, -0.2) is 105 Å². The second kappa shape index (κ2) is 21.0. The first-order valence-corrected chi connectivity index (χ1v) is 18.4. The van der Waals surface area contributed by atoms with Crippen molar-refractivity contribution in [3.05, 3.63) is 84.4 Å². The number of aromatic amines is 1. The summed E-state index contributed by atoms with van der Waals surface area (Å²) in [6.45, 7) is 7.46. The molecule has 5 rings (SSSR count). The smallest absolute Gasteiger partial charge is 0.251 e. The lowest BCUT2D eigenvalue weighted by Crippen LogP contribution is -2.54. The number of aliphatic hydroxyl groups is 1. The predicted molar refractivity (Wildman–Crippen MR) is 205 cm³/mol. The van der Waals surface area contributed by atoms with Crippen LogP contribution in [0.25, 0.3) is 22.5 Å². The molecule has 1 aliphatic heterocycles. The van der Waals surface area contributed by atoms with Gasteiger partial charge in [0.15, 0.2) is 11.5 Å². The van der Waals surface area contributed by atoms with E-state index in [1.165, 1.54) is 0 Å². The zero-order valence-electron chi connectivity index (χ0n) is 30.9. The maximum atomic E-state index is 12.9. The summed E-state index contributed by atoms with van der Waals surface area (Å²) in [4.78, 5) is 25.6. The van der Waals surface area contributed by atoms with E-state index in [4.69, 9.17) is 29.4 Å². The van der Waals surface area contributed by atoms with Gasteiger partial charge in [-0.2, -0.15) is 5.10 Å². The van der Waals surface area contributed by atoms with E-state index in [1.807, 2.05) is 92.7 Å². The average Bonchev–Trinajstić information content (AvgIpc) is 3.87. The number of anilines is 1. The van der Waals surface area contributed by atoms with Gasteiger partial charge in [-0.3, -0.25) is 14.7 Å². The molecule has 0 saturated carbocycles. The Morgan fingerprint density at radius 2 is 1.56 bits per heavy atom. The van der Waals surface area contributed by atoms with Crippen molar-refractivity contribution in [2.45, 2.75) is 44.9 Å². The Morgan fingerprint density at radius 1 is 0.833 bits per heavy atom. The first kappa shape index (κ1) is 40.2. The van der Waals surface area contributed by atoms with Crippen LogP contribution in [0.4, 0.5) is 5.69 Å². The van der Waals surface area contributed by atoms with Crippen LogP contribution in [0, 0.1) is 5.92 Å². The Kier molecular flexibility index (Phi) is 15.7. The standard InChI is InChI=1S/C40H52N6O8/c1-27(2)21-35(44-40(49)38(47)32(41)22-28-7-4-3-5-8-28)39(48)43-14-16-51-18-20-52-19-17-50-15-13-42-31-10-6-9-29(23-31)33-25-34(46-45-33)30-11-12-36-37(24-30)54-26-53-36/h3-12,23-25,27,32,35,38,42,47H,13-22,26,41H2,1-2H3,(H,43,48)(H,44,49)(H,45,46)/t32-,35+,38+/m1/s1. The molecule has 3 atom stereocenters. The molecule has 54 heavy (non-hydrogen) atoms. The molecule has 3 aromatic carbocycles. The minimum absolute atomic E-state index is 0.138. The van der Waals surface area contributed by atoms with Gasteiger partial charge in [0, 0.05) is 35.9 Å². The van der Waals surface area contributed by atoms with E-state index in [0.717, 1.165) is 45.3 Å². The number of benzene rings is 3. The summed E-state index contributed by atoms with van der Waals surface area (Å²) in [7, 11) is 0. The number of ether oxygens (including phenoxy) is 5. The maximum Gasteiger partial charge on any atom is 0.251 e. The van der Waals surface area contributed by atoms with Crippen molar-refractivity contribution in [3.8, 4) is 34.0 Å². The molecule has 290 valence electrons. The minimum atomic E-state index is -1.45. The van der Waals surface area contributed by atoms with Crippen LogP contribution in [-0.2, 0) is 30.2 Å². The third-order valence-electron chi connectivity index (χ3n) is 8.61. The number of nitrogens with one attached hydrogen (secondary N) is 4. The van der Waals surface area contributed by atoms with E-state index in [1.54, 1.807) is 0 Å². The zero-order valence-corrected chi connectivity index (χ0v) is 30.9. The second-order valence-electron chi connectivity index (χ2n) is 13.4. The van der Waals surface area contributed by atoms with Gasteiger partial charge < -0.3 is 50.5 Å². The zero-order chi connectivity index (χ0) is 38.1. The van der Waals surface area contributed by atoms with Crippen molar-refractivity contribution in [1.82, 2.24) is 20.8 Å². The van der Waals surface area contributed by atoms with Gasteiger partial charge in [-0.25, -0.2) is 0 Å². The topological polar surface area (TPSA) is 191 Å². The fourth-order valence-corrected chi connectivity index (χ4v) is 5.80. The van der Waals surface area contributed by atoms with E-state index in [-0.39, 0.29) is 31.8 Å². The largest absolute Gasteiger partial charge is 0.454 e. The highest BCUT2D eigenvalue weighted by molar-refractivity contribution is 5.89. The van der Waals surface area contributed by atoms with Crippen molar-refractivity contribution < 1.29 is 38.4 Å². The number of H-pyrrole nitrogens is 1. The highest BCUT2D eigenvalue weighted by Crippen LogP contribution is 2.36. The molecule has 0 spiro atoms. The molecule has 0 saturated heterocycles. The molecule has 0 fully saturated rings. The van der Waals surface area contributed by atoms with Gasteiger partial charge in [0.2, 0.25) is 12.7 Å². The Morgan fingerprint density at radius 3 is 2.31 bits per heavy atom. The van der Waals surface area contributed by atoms with E-state index in [0.29, 0.717) is 52.4 Å². The van der Waals surface area contributed by atoms with Crippen molar-refractivity contribution in [1.29, 1.82) is 0 Å². The maximum absolute atomic E-state index is 12.9. The van der Waals surface area contributed by atoms with Crippen LogP contribution in [0.3, 0.4) is 0 Å². The van der Waals surface area contributed by atoms with Crippen molar-refractivity contribution in [2.75, 3.05) is 64.8 Å². The van der Waals surface area contributed by atoms with Gasteiger partial charge in [-0.05, 0) is 60.7 Å². The summed E-state index contributed by atoms with van der Waals surface area (Å²) in [5.74, 6) is 0.598. The SMILES string of the molecule is CC(C)C[C@H](NC(=O)[C@@H](O)[C@H](N)Cc1ccccc1)C(=O)NCCOCCOCCOCCNc1cccc(-c2cc(-c3ccc4c(c3)OCO4)[nH]n2)c1. The fourth-order valence-electron chi connectivity index (χ4n) is 5.80. The molecule has 0 radical (unpaired) electrons. The number of fused-ring (bicyclic) bond motifs is 1. The van der Waals surface area contributed by atoms with Crippen LogP contribution in [0.2, 0.25) is 0 Å². The summed E-state index contributed by atoms with van der Waals surface area (Å²) in [5, 5.41) is 27.0. The first-order valence-electron chi connectivity index (χ1n) is 18.4. The normalized spacial score (nSPS) is 13.7. The van der Waals surface area contributed by atoms with E-state index >= 15 is 0 Å². The Bertz CT molecular complexity index is 1750. The number of nitrogens with two attached hydrogens (primary N) is 1. The Balaban J connectivity index is 0.891. The van der Waals surface area contributed by atoms with E-state index < -0.39 is 24.1 Å². The monoisotopic (exact) mass is 744 g/mol. The molecule has 0 aliphatic carbocycles. The lowest BCUT2D eigenvalue weighted by Gasteiger charge is -2.24. The first-order chi connectivity index (χ1) is 26.3. The number of aliphatic hydroxyl groups excluding tert-OH is 1. The van der Waals surface area contributed by atoms with E-state index in [9.17, 15) is 14.7 Å². The van der Waals surface area contributed by atoms with Gasteiger partial charge in [-0.1, -0.05) is 56.3 Å². The fraction of sp³-hybridized carbons (Fsp3) is 0.425. The Labute approximate surface area is 316 Å². The van der Waals surface area contributed by atoms with Gasteiger partial charge in [-0.15, -0.1) is 0 Å². The van der Waals surface area contributed by atoms with Gasteiger partial charge in [0.05, 0.1) is 51.0 Å². The van der Waals surface area contributed by atoms with Gasteiger partial charge >= 0.3 is 0 Å². The molecule has 7 N–H and O–H groups in total. The predicted octanol–water partition coefficient (Wildman–Crippen LogP) is 3.51. The molecule has 1 aromatic heterocycles. The van der Waals surface area contributed by atoms with Crippen molar-refractivity contribution >= 4 is 17.5 Å². The van der Waals surface area contributed by atoms with Crippen molar-refractivity contribution in [3.63, 3.8) is 0 Å². The number of rotatable bonds is 23. The van der Waals surface area contributed by atoms with Crippen LogP contribution < -0.4 is 31.2 Å². The lowest BCUT2D eigenvalue weighted by molar-refractivity contribution is -0.135. The van der Waals surface area contributed by atoms with Crippen molar-refractivity contribution in [2.24, 2.45) is 11.7 Å². The average molecular weight is 745 g/mol. The van der Waals surface area contributed by atoms with Crippen LogP contribution in [0.5, 0.6) is 11.5 Å². The molecule has 4 aromatic rings. The van der Waals surface area contributed by atoms with Gasteiger partial charge in [0.1, 0.15) is 12.1 Å². The number of amides is 2. The van der Waals surface area contributed by atoms with Crippen LogP contribution >= 0.6 is 0 Å². The number of hydrogen-bond acceptors (Lipinski definition) is 11. The number of aromatic nitrogens is 2. The molecule has 1 aliphatic rings. The van der Waals surface area contributed by atoms with Crippen LogP contribution in [0.1, 0.15) is 25.8 Å². The van der Waals surface area contributed by atoms with Gasteiger partial charge in [0.25, 0.3) is 5.91 Å². The molecular formula is C40H52N6O8. The molecular weight excluding hydrogens is 692 g/mol. The second-order valence-corrected chi connectivity index (χ2v) is 13.4. The molecule has 14 heteroatoms. The quantitative estimate of drug-likeness (QED) is 0.0610. The summed E-state index contributed by atoms with van der Waals surface area (Å²) in [6.07, 6.45) is -0.700. The molecule has 14 nitrogen and oxygen atoms in total. The summed E-state index contributed by atoms with van der Waals surface area (Å²) in [6, 6.07) is 23.7. The highest BCUT2D eigenvalue weighted by atomic mass is 16.7. The molecule has 2 amide bonds. The highest BCUT2D eigenvalue weighted by Gasteiger charge is 2.28. The molecule has 2 heterocycles. The molecule has 0 bridgehead atoms. The third-order valence-corrected chi connectivity index (χ3v) is 8.61. The van der Waals surface area contributed by atoms with Crippen LogP contribution in [0.15, 0.2) is 78.9 Å². The molecule has 0 unspecified atom stereocenters. The summed E-state index contributed by atoms with van der Waals surface area (Å²) < 4.78 is 27.8. The number of nitrogens with zero attached hydrogens (tertiary/aromatic N) is 1. The van der Waals surface area contributed by atoms with E-state index in [2.05, 4.69) is 26.1 Å². The number of carbonyl (C=O) groups is 2. The lowest BCUT2D eigenvalue weighted by atomic mass is 10.00. The summed E-state index contributed by atoms with van der Waals surface area (Å²) >= 11 is 0. The number of carbonyl (C=O) groups excluding carboxylic acids is 2. The minimum Gasteiger partial charge on any atom is -0.454 e. The summed E-state index contributed by atoms with van der Waals surface area (Å²) in [5.41, 5.74) is 11.7.